The van der Waals surface area contributed by atoms with Gasteiger partial charge in [-0.05, 0) is 28.9 Å². The van der Waals surface area contributed by atoms with Crippen molar-refractivity contribution in [1.29, 1.82) is 0 Å². The van der Waals surface area contributed by atoms with Gasteiger partial charge in [-0.2, -0.15) is 0 Å². The zero-order chi connectivity index (χ0) is 11.4. The maximum atomic E-state index is 5.61. The van der Waals surface area contributed by atoms with Gasteiger partial charge in [0.15, 0.2) is 0 Å². The van der Waals surface area contributed by atoms with Gasteiger partial charge in [0.1, 0.15) is 0 Å². The molecule has 0 amide bonds. The van der Waals surface area contributed by atoms with Gasteiger partial charge in [0.2, 0.25) is 0 Å². The Labute approximate surface area is 101 Å². The van der Waals surface area contributed by atoms with Gasteiger partial charge in [-0.3, -0.25) is 4.90 Å². The molecule has 0 atom stereocenters. The van der Waals surface area contributed by atoms with Gasteiger partial charge in [0.05, 0.1) is 0 Å². The Morgan fingerprint density at radius 2 is 2.12 bits per heavy atom. The van der Waals surface area contributed by atoms with E-state index in [2.05, 4.69) is 41.5 Å². The molecular weight excluding hydrogens is 216 g/mol. The second kappa shape index (κ2) is 5.43. The Morgan fingerprint density at radius 3 is 2.88 bits per heavy atom. The molecule has 0 aliphatic heterocycles. The van der Waals surface area contributed by atoms with E-state index in [0.29, 0.717) is 0 Å². The quantitative estimate of drug-likeness (QED) is 0.862. The molecule has 0 aliphatic rings. The number of nitrogens with zero attached hydrogens (tertiary/aromatic N) is 1. The average molecular weight is 234 g/mol. The number of nitrogens with two attached hydrogens (primary N) is 1. The van der Waals surface area contributed by atoms with Crippen LogP contribution in [0.25, 0.3) is 10.1 Å². The Morgan fingerprint density at radius 1 is 1.31 bits per heavy atom. The van der Waals surface area contributed by atoms with Crippen LogP contribution in [0.4, 0.5) is 0 Å². The molecule has 1 heterocycles. The highest BCUT2D eigenvalue weighted by molar-refractivity contribution is 7.17. The molecule has 0 radical (unpaired) electrons. The van der Waals surface area contributed by atoms with Crippen LogP contribution >= 0.6 is 11.3 Å². The molecular formula is C13H18N2S. The summed E-state index contributed by atoms with van der Waals surface area (Å²) in [6.07, 6.45) is 0. The first-order valence-corrected chi connectivity index (χ1v) is 6.60. The summed E-state index contributed by atoms with van der Waals surface area (Å²) in [6.45, 7) is 5.96. The first-order valence-electron chi connectivity index (χ1n) is 5.72. The fraction of sp³-hybridized carbons (Fsp3) is 0.385. The third-order valence-electron chi connectivity index (χ3n) is 2.85. The summed E-state index contributed by atoms with van der Waals surface area (Å²) in [4.78, 5) is 2.38. The van der Waals surface area contributed by atoms with Crippen molar-refractivity contribution in [2.24, 2.45) is 5.73 Å². The number of benzene rings is 1. The fourth-order valence-electron chi connectivity index (χ4n) is 1.93. The Hall–Kier alpha value is -0.900. The van der Waals surface area contributed by atoms with E-state index in [1.807, 2.05) is 11.3 Å². The molecule has 1 aromatic carbocycles. The summed E-state index contributed by atoms with van der Waals surface area (Å²) in [5, 5.41) is 3.66. The minimum atomic E-state index is 0.732. The fourth-order valence-corrected chi connectivity index (χ4v) is 2.88. The van der Waals surface area contributed by atoms with Crippen LogP contribution in [0.2, 0.25) is 0 Å². The van der Waals surface area contributed by atoms with E-state index in [-0.39, 0.29) is 0 Å². The van der Waals surface area contributed by atoms with Crippen LogP contribution < -0.4 is 5.73 Å². The second-order valence-corrected chi connectivity index (χ2v) is 4.83. The maximum absolute atomic E-state index is 5.61. The van der Waals surface area contributed by atoms with Crippen molar-refractivity contribution >= 4 is 21.4 Å². The summed E-state index contributed by atoms with van der Waals surface area (Å²) in [5.74, 6) is 0. The molecule has 0 unspecified atom stereocenters. The van der Waals surface area contributed by atoms with E-state index in [0.717, 1.165) is 26.2 Å². The van der Waals surface area contributed by atoms with Crippen molar-refractivity contribution < 1.29 is 0 Å². The zero-order valence-corrected chi connectivity index (χ0v) is 10.5. The van der Waals surface area contributed by atoms with Gasteiger partial charge < -0.3 is 5.73 Å². The number of hydrogen-bond donors (Lipinski definition) is 1. The maximum Gasteiger partial charge on any atom is 0.0346 e. The minimum absolute atomic E-state index is 0.732. The lowest BCUT2D eigenvalue weighted by Crippen LogP contribution is -2.28. The molecule has 3 heteroatoms. The van der Waals surface area contributed by atoms with Crippen molar-refractivity contribution in [3.8, 4) is 0 Å². The molecule has 2 aromatic rings. The van der Waals surface area contributed by atoms with Crippen LogP contribution in [-0.4, -0.2) is 24.5 Å². The van der Waals surface area contributed by atoms with Crippen molar-refractivity contribution in [2.45, 2.75) is 13.5 Å². The first-order chi connectivity index (χ1) is 7.85. The number of rotatable bonds is 5. The van der Waals surface area contributed by atoms with Gasteiger partial charge in [-0.1, -0.05) is 25.1 Å². The third kappa shape index (κ3) is 2.43. The SMILES string of the molecule is CCN(CCN)Cc1csc2ccccc12. The van der Waals surface area contributed by atoms with Gasteiger partial charge in [0.25, 0.3) is 0 Å². The van der Waals surface area contributed by atoms with Crippen LogP contribution in [0.5, 0.6) is 0 Å². The van der Waals surface area contributed by atoms with E-state index in [1.165, 1.54) is 15.6 Å². The molecule has 0 fully saturated rings. The van der Waals surface area contributed by atoms with Crippen LogP contribution in [0, 0.1) is 0 Å². The Kier molecular flexibility index (Phi) is 3.93. The lowest BCUT2D eigenvalue weighted by atomic mass is 10.1. The molecule has 2 rings (SSSR count). The van der Waals surface area contributed by atoms with E-state index >= 15 is 0 Å². The van der Waals surface area contributed by atoms with Crippen LogP contribution in [0.3, 0.4) is 0 Å². The topological polar surface area (TPSA) is 29.3 Å². The molecule has 0 bridgehead atoms. The largest absolute Gasteiger partial charge is 0.329 e. The van der Waals surface area contributed by atoms with Gasteiger partial charge in [-0.25, -0.2) is 0 Å². The molecule has 0 saturated carbocycles. The van der Waals surface area contributed by atoms with E-state index in [1.54, 1.807) is 0 Å². The predicted octanol–water partition coefficient (Wildman–Crippen LogP) is 2.68. The minimum Gasteiger partial charge on any atom is -0.329 e. The Balaban J connectivity index is 2.20. The van der Waals surface area contributed by atoms with Crippen molar-refractivity contribution in [3.05, 3.63) is 35.2 Å². The van der Waals surface area contributed by atoms with Crippen molar-refractivity contribution in [1.82, 2.24) is 4.90 Å². The summed E-state index contributed by atoms with van der Waals surface area (Å²) >= 11 is 1.83. The Bertz CT molecular complexity index is 450. The zero-order valence-electron chi connectivity index (χ0n) is 9.65. The van der Waals surface area contributed by atoms with Gasteiger partial charge in [0, 0.05) is 24.3 Å². The molecule has 86 valence electrons. The summed E-state index contributed by atoms with van der Waals surface area (Å²) < 4.78 is 1.38. The highest BCUT2D eigenvalue weighted by Crippen LogP contribution is 2.26. The monoisotopic (exact) mass is 234 g/mol. The molecule has 16 heavy (non-hydrogen) atoms. The smallest absolute Gasteiger partial charge is 0.0346 e. The molecule has 1 aromatic heterocycles. The lowest BCUT2D eigenvalue weighted by molar-refractivity contribution is 0.289. The van der Waals surface area contributed by atoms with E-state index in [4.69, 9.17) is 5.73 Å². The van der Waals surface area contributed by atoms with Crippen LogP contribution in [0.1, 0.15) is 12.5 Å². The second-order valence-electron chi connectivity index (χ2n) is 3.91. The highest BCUT2D eigenvalue weighted by Gasteiger charge is 2.07. The molecule has 0 aliphatic carbocycles. The normalized spacial score (nSPS) is 11.4. The number of likely N-dealkylation sites (N-methyl/N-ethyl adjacent to an activating group) is 1. The van der Waals surface area contributed by atoms with Crippen LogP contribution in [-0.2, 0) is 6.54 Å². The summed E-state index contributed by atoms with van der Waals surface area (Å²) in [6, 6.07) is 8.60. The summed E-state index contributed by atoms with van der Waals surface area (Å²) in [5.41, 5.74) is 7.03. The number of thiophene rings is 1. The lowest BCUT2D eigenvalue weighted by Gasteiger charge is -2.18. The molecule has 0 saturated heterocycles. The number of hydrogen-bond acceptors (Lipinski definition) is 3. The number of fused-ring (bicyclic) bond motifs is 1. The standard InChI is InChI=1S/C13H18N2S/c1-2-15(8-7-14)9-11-10-16-13-6-4-3-5-12(11)13/h3-6,10H,2,7-9,14H2,1H3. The third-order valence-corrected chi connectivity index (χ3v) is 3.86. The highest BCUT2D eigenvalue weighted by atomic mass is 32.1. The predicted molar refractivity (Wildman–Crippen MR) is 71.8 cm³/mol. The molecule has 2 N–H and O–H groups in total. The van der Waals surface area contributed by atoms with E-state index < -0.39 is 0 Å². The average Bonchev–Trinajstić information content (AvgIpc) is 2.72. The van der Waals surface area contributed by atoms with Crippen molar-refractivity contribution in [2.75, 3.05) is 19.6 Å². The van der Waals surface area contributed by atoms with Gasteiger partial charge in [-0.15, -0.1) is 11.3 Å². The summed E-state index contributed by atoms with van der Waals surface area (Å²) in [7, 11) is 0. The molecule has 0 spiro atoms. The first kappa shape index (κ1) is 11.6. The van der Waals surface area contributed by atoms with Crippen molar-refractivity contribution in [3.63, 3.8) is 0 Å². The van der Waals surface area contributed by atoms with Crippen LogP contribution in [0.15, 0.2) is 29.6 Å². The molecule has 2 nitrogen and oxygen atoms in total. The van der Waals surface area contributed by atoms with Gasteiger partial charge >= 0.3 is 0 Å². The van der Waals surface area contributed by atoms with E-state index in [9.17, 15) is 0 Å².